The number of rotatable bonds is 4. The van der Waals surface area contributed by atoms with Gasteiger partial charge in [-0.3, -0.25) is 13.8 Å². The molecule has 10 rings (SSSR count). The predicted octanol–water partition coefficient (Wildman–Crippen LogP) is 10.1. The molecule has 0 atom stereocenters. The van der Waals surface area contributed by atoms with Crippen LogP contribution in [0.1, 0.15) is 0 Å². The van der Waals surface area contributed by atoms with E-state index in [0.717, 1.165) is 77.4 Å². The Labute approximate surface area is 268 Å². The highest BCUT2D eigenvalue weighted by Crippen LogP contribution is 2.40. The summed E-state index contributed by atoms with van der Waals surface area (Å²) in [6.07, 6.45) is 9.55. The highest BCUT2D eigenvalue weighted by atomic mass is 16.5. The molecule has 5 aromatic heterocycles. The Kier molecular flexibility index (Phi) is 5.48. The van der Waals surface area contributed by atoms with Gasteiger partial charge in [0, 0.05) is 58.1 Å². The van der Waals surface area contributed by atoms with Gasteiger partial charge >= 0.3 is 0 Å². The molecule has 0 saturated heterocycles. The molecule has 5 aromatic carbocycles. The number of ether oxygens (including phenoxy) is 1. The fraction of sp³-hybridized carbons (Fsp3) is 0. The van der Waals surface area contributed by atoms with E-state index in [2.05, 4.69) is 134 Å². The minimum Gasteiger partial charge on any atom is -0.457 e. The van der Waals surface area contributed by atoms with Crippen molar-refractivity contribution in [1.82, 2.24) is 23.8 Å². The summed E-state index contributed by atoms with van der Waals surface area (Å²) in [7, 11) is 0. The normalized spacial score (nSPS) is 11.8. The summed E-state index contributed by atoms with van der Waals surface area (Å²) in [5, 5.41) is 5.33. The summed E-state index contributed by atoms with van der Waals surface area (Å²) < 4.78 is 10.9. The summed E-state index contributed by atoms with van der Waals surface area (Å²) in [6, 6.07) is 42.2. The van der Waals surface area contributed by atoms with Crippen molar-refractivity contribution in [2.45, 2.75) is 0 Å². The summed E-state index contributed by atoms with van der Waals surface area (Å²) in [4.78, 5) is 14.2. The number of hydrogen-bond donors (Lipinski definition) is 0. The Balaban J connectivity index is 1.17. The maximum Gasteiger partial charge on any atom is 0.145 e. The molecule has 47 heavy (non-hydrogen) atoms. The molecular formula is C41H25N5O. The predicted molar refractivity (Wildman–Crippen MR) is 189 cm³/mol. The second-order valence-electron chi connectivity index (χ2n) is 11.8. The summed E-state index contributed by atoms with van der Waals surface area (Å²) in [6.45, 7) is 0. The first-order valence-electron chi connectivity index (χ1n) is 15.6. The molecule has 0 bridgehead atoms. The van der Waals surface area contributed by atoms with E-state index >= 15 is 0 Å². The number of pyridine rings is 3. The molecule has 0 aliphatic carbocycles. The molecule has 220 valence electrons. The third kappa shape index (κ3) is 3.95. The number of hydrogen-bond acceptors (Lipinski definition) is 4. The lowest BCUT2D eigenvalue weighted by atomic mass is 9.93. The van der Waals surface area contributed by atoms with Crippen LogP contribution in [0.15, 0.2) is 152 Å². The molecule has 0 aliphatic heterocycles. The van der Waals surface area contributed by atoms with Gasteiger partial charge in [0.15, 0.2) is 0 Å². The second kappa shape index (κ2) is 9.99. The smallest absolute Gasteiger partial charge is 0.145 e. The molecule has 6 heteroatoms. The maximum absolute atomic E-state index is 6.56. The van der Waals surface area contributed by atoms with Crippen LogP contribution < -0.4 is 4.74 Å². The highest BCUT2D eigenvalue weighted by Gasteiger charge is 2.17. The van der Waals surface area contributed by atoms with Crippen LogP contribution in [0.5, 0.6) is 11.5 Å². The van der Waals surface area contributed by atoms with E-state index in [1.807, 2.05) is 36.9 Å². The molecule has 0 amide bonds. The largest absolute Gasteiger partial charge is 0.457 e. The van der Waals surface area contributed by atoms with E-state index in [1.165, 1.54) is 11.1 Å². The Morgan fingerprint density at radius 2 is 1.11 bits per heavy atom. The average molecular weight is 604 g/mol. The number of benzene rings is 5. The van der Waals surface area contributed by atoms with Crippen molar-refractivity contribution in [1.29, 1.82) is 0 Å². The van der Waals surface area contributed by atoms with Crippen molar-refractivity contribution in [3.63, 3.8) is 0 Å². The van der Waals surface area contributed by atoms with Crippen LogP contribution in [-0.4, -0.2) is 23.8 Å². The molecule has 0 fully saturated rings. The zero-order chi connectivity index (χ0) is 30.9. The lowest BCUT2D eigenvalue weighted by Gasteiger charge is -2.16. The Morgan fingerprint density at radius 3 is 1.87 bits per heavy atom. The minimum absolute atomic E-state index is 0.731. The number of aromatic nitrogens is 5. The Morgan fingerprint density at radius 1 is 0.447 bits per heavy atom. The van der Waals surface area contributed by atoms with Crippen molar-refractivity contribution in [2.75, 3.05) is 0 Å². The molecule has 0 unspecified atom stereocenters. The van der Waals surface area contributed by atoms with Crippen molar-refractivity contribution in [3.8, 4) is 33.8 Å². The summed E-state index contributed by atoms with van der Waals surface area (Å²) in [5.41, 5.74) is 9.52. The molecule has 0 radical (unpaired) electrons. The van der Waals surface area contributed by atoms with Gasteiger partial charge in [-0.1, -0.05) is 60.7 Å². The van der Waals surface area contributed by atoms with Gasteiger partial charge in [0.1, 0.15) is 22.8 Å². The van der Waals surface area contributed by atoms with Gasteiger partial charge in [-0.25, -0.2) is 9.97 Å². The van der Waals surface area contributed by atoms with Gasteiger partial charge in [0.05, 0.1) is 16.6 Å². The fourth-order valence-corrected chi connectivity index (χ4v) is 7.03. The third-order valence-corrected chi connectivity index (χ3v) is 9.12. The van der Waals surface area contributed by atoms with Gasteiger partial charge in [-0.05, 0) is 82.7 Å². The van der Waals surface area contributed by atoms with E-state index in [0.29, 0.717) is 0 Å². The first-order chi connectivity index (χ1) is 23.3. The summed E-state index contributed by atoms with van der Waals surface area (Å²) in [5.74, 6) is 1.47. The van der Waals surface area contributed by atoms with Crippen molar-refractivity contribution in [2.24, 2.45) is 0 Å². The standard InChI is InChI=1S/C41H25N5O/c1-3-8-26(9-4-1)28-22-33(27-10-5-2-6-11-27)39-34(23-28)31-15-13-29(24-35(31)41-44-19-21-46(39)41)47-30-14-16-32-36(25-30)40-43-18-20-45(40)37-12-7-17-42-38(32)37/h1-25H. The van der Waals surface area contributed by atoms with Crippen LogP contribution in [0.25, 0.3) is 77.0 Å². The van der Waals surface area contributed by atoms with Crippen LogP contribution >= 0.6 is 0 Å². The molecule has 10 aromatic rings. The van der Waals surface area contributed by atoms with E-state index in [1.54, 1.807) is 0 Å². The Hall–Kier alpha value is -6.53. The van der Waals surface area contributed by atoms with Crippen molar-refractivity contribution >= 4 is 54.8 Å². The zero-order valence-corrected chi connectivity index (χ0v) is 25.1. The van der Waals surface area contributed by atoms with Gasteiger partial charge < -0.3 is 4.74 Å². The molecule has 5 heterocycles. The van der Waals surface area contributed by atoms with Crippen LogP contribution in [0.3, 0.4) is 0 Å². The van der Waals surface area contributed by atoms with Gasteiger partial charge in [-0.2, -0.15) is 0 Å². The average Bonchev–Trinajstić information content (AvgIpc) is 3.84. The molecule has 0 spiro atoms. The maximum atomic E-state index is 6.56. The molecule has 0 aliphatic rings. The molecular weight excluding hydrogens is 578 g/mol. The van der Waals surface area contributed by atoms with Gasteiger partial charge in [0.25, 0.3) is 0 Å². The van der Waals surface area contributed by atoms with Crippen molar-refractivity contribution < 1.29 is 4.74 Å². The Bertz CT molecular complexity index is 2820. The number of imidazole rings is 2. The SMILES string of the molecule is c1ccc(-c2cc(-c3ccccc3)c3c(c2)c2ccc(Oc4ccc5c(c4)c4nccn4c4cccnc54)cc2c2nccn23)cc1. The molecule has 0 saturated carbocycles. The molecule has 0 N–H and O–H groups in total. The zero-order valence-electron chi connectivity index (χ0n) is 25.1. The van der Waals surface area contributed by atoms with Gasteiger partial charge in [0.2, 0.25) is 0 Å². The third-order valence-electron chi connectivity index (χ3n) is 9.12. The van der Waals surface area contributed by atoms with Crippen LogP contribution in [0, 0.1) is 0 Å². The first kappa shape index (κ1) is 25.8. The van der Waals surface area contributed by atoms with E-state index in [-0.39, 0.29) is 0 Å². The highest BCUT2D eigenvalue weighted by molar-refractivity contribution is 6.16. The van der Waals surface area contributed by atoms with Crippen LogP contribution in [-0.2, 0) is 0 Å². The first-order valence-corrected chi connectivity index (χ1v) is 15.6. The number of nitrogens with zero attached hydrogens (tertiary/aromatic N) is 5. The lowest BCUT2D eigenvalue weighted by Crippen LogP contribution is -1.96. The minimum atomic E-state index is 0.731. The fourth-order valence-electron chi connectivity index (χ4n) is 7.03. The monoisotopic (exact) mass is 603 g/mol. The van der Waals surface area contributed by atoms with Crippen molar-refractivity contribution in [3.05, 3.63) is 152 Å². The quantitative estimate of drug-likeness (QED) is 0.188. The van der Waals surface area contributed by atoms with Gasteiger partial charge in [-0.15, -0.1) is 0 Å². The number of fused-ring (bicyclic) bond motifs is 12. The second-order valence-corrected chi connectivity index (χ2v) is 11.8. The topological polar surface area (TPSA) is 56.7 Å². The van der Waals surface area contributed by atoms with E-state index in [4.69, 9.17) is 9.72 Å². The summed E-state index contributed by atoms with van der Waals surface area (Å²) >= 11 is 0. The van der Waals surface area contributed by atoms with E-state index in [9.17, 15) is 0 Å². The van der Waals surface area contributed by atoms with E-state index < -0.39 is 0 Å². The van der Waals surface area contributed by atoms with Crippen LogP contribution in [0.2, 0.25) is 0 Å². The molecule has 6 nitrogen and oxygen atoms in total. The van der Waals surface area contributed by atoms with Crippen LogP contribution in [0.4, 0.5) is 0 Å². The lowest BCUT2D eigenvalue weighted by molar-refractivity contribution is 0.484.